The Morgan fingerprint density at radius 1 is 1.44 bits per heavy atom. The van der Waals surface area contributed by atoms with Crippen molar-refractivity contribution in [2.24, 2.45) is 7.05 Å². The summed E-state index contributed by atoms with van der Waals surface area (Å²) in [7, 11) is 1.66. The van der Waals surface area contributed by atoms with Gasteiger partial charge in [-0.25, -0.2) is 0 Å². The number of aromatic nitrogens is 5. The van der Waals surface area contributed by atoms with Crippen molar-refractivity contribution in [3.63, 3.8) is 0 Å². The Morgan fingerprint density at radius 3 is 2.67 bits per heavy atom. The molecule has 2 aromatic rings. The number of aryl methyl sites for hydroxylation is 1. The standard InChI is InChI=1S/C11H16N6O/c1-11(2,3)8-5-9(15-14-8)13-10(18)7-6-12-17(4)16-7/h5-6H,1-4H3,(H2,13,14,15,18). The summed E-state index contributed by atoms with van der Waals surface area (Å²) in [5.74, 6) is 0.158. The molecule has 7 nitrogen and oxygen atoms in total. The van der Waals surface area contributed by atoms with E-state index in [4.69, 9.17) is 0 Å². The Bertz CT molecular complexity index is 562. The Hall–Kier alpha value is -2.18. The molecule has 0 atom stereocenters. The van der Waals surface area contributed by atoms with Gasteiger partial charge < -0.3 is 5.32 Å². The molecule has 2 aromatic heterocycles. The Kier molecular flexibility index (Phi) is 2.90. The summed E-state index contributed by atoms with van der Waals surface area (Å²) in [4.78, 5) is 13.1. The lowest BCUT2D eigenvalue weighted by Gasteiger charge is -2.14. The second-order valence-corrected chi connectivity index (χ2v) is 5.09. The van der Waals surface area contributed by atoms with Crippen LogP contribution in [-0.4, -0.2) is 31.1 Å². The van der Waals surface area contributed by atoms with Crippen LogP contribution in [0.3, 0.4) is 0 Å². The highest BCUT2D eigenvalue weighted by Crippen LogP contribution is 2.21. The van der Waals surface area contributed by atoms with Crippen LogP contribution in [0.4, 0.5) is 5.82 Å². The number of nitrogens with zero attached hydrogens (tertiary/aromatic N) is 4. The molecule has 0 unspecified atom stereocenters. The molecule has 0 saturated heterocycles. The zero-order valence-corrected chi connectivity index (χ0v) is 10.9. The van der Waals surface area contributed by atoms with Crippen molar-refractivity contribution in [3.05, 3.63) is 23.7 Å². The molecule has 18 heavy (non-hydrogen) atoms. The second-order valence-electron chi connectivity index (χ2n) is 5.09. The third kappa shape index (κ3) is 2.55. The number of aromatic amines is 1. The fraction of sp³-hybridized carbons (Fsp3) is 0.455. The van der Waals surface area contributed by atoms with E-state index in [1.165, 1.54) is 11.0 Å². The van der Waals surface area contributed by atoms with Crippen molar-refractivity contribution < 1.29 is 4.79 Å². The van der Waals surface area contributed by atoms with E-state index in [1.807, 2.05) is 6.07 Å². The van der Waals surface area contributed by atoms with E-state index in [-0.39, 0.29) is 17.0 Å². The lowest BCUT2D eigenvalue weighted by atomic mass is 9.92. The Balaban J connectivity index is 2.10. The van der Waals surface area contributed by atoms with Crippen molar-refractivity contribution in [1.82, 2.24) is 25.2 Å². The van der Waals surface area contributed by atoms with Gasteiger partial charge in [0.1, 0.15) is 0 Å². The summed E-state index contributed by atoms with van der Waals surface area (Å²) >= 11 is 0. The minimum Gasteiger partial charge on any atom is -0.304 e. The van der Waals surface area contributed by atoms with E-state index in [0.29, 0.717) is 5.82 Å². The lowest BCUT2D eigenvalue weighted by molar-refractivity contribution is 0.102. The molecule has 96 valence electrons. The molecule has 2 N–H and O–H groups in total. The molecular weight excluding hydrogens is 232 g/mol. The maximum absolute atomic E-state index is 11.8. The summed E-state index contributed by atoms with van der Waals surface area (Å²) < 4.78 is 0. The molecule has 0 aliphatic rings. The van der Waals surface area contributed by atoms with Crippen LogP contribution in [0.2, 0.25) is 0 Å². The number of H-pyrrole nitrogens is 1. The molecule has 0 aliphatic carbocycles. The van der Waals surface area contributed by atoms with Gasteiger partial charge in [0.25, 0.3) is 5.91 Å². The summed E-state index contributed by atoms with van der Waals surface area (Å²) in [6.07, 6.45) is 1.41. The SMILES string of the molecule is Cn1ncc(C(=O)Nc2cc(C(C)(C)C)[nH]n2)n1. The number of hydrogen-bond acceptors (Lipinski definition) is 4. The molecule has 2 heterocycles. The first kappa shape index (κ1) is 12.3. The van der Waals surface area contributed by atoms with Crippen LogP contribution in [-0.2, 0) is 12.5 Å². The zero-order valence-electron chi connectivity index (χ0n) is 10.9. The van der Waals surface area contributed by atoms with E-state index >= 15 is 0 Å². The molecule has 2 rings (SSSR count). The topological polar surface area (TPSA) is 88.5 Å². The Labute approximate surface area is 105 Å². The molecule has 0 bridgehead atoms. The minimum atomic E-state index is -0.324. The van der Waals surface area contributed by atoms with Crippen LogP contribution in [0.15, 0.2) is 12.3 Å². The van der Waals surface area contributed by atoms with Crippen molar-refractivity contribution in [2.75, 3.05) is 5.32 Å². The van der Waals surface area contributed by atoms with Gasteiger partial charge >= 0.3 is 0 Å². The first-order valence-electron chi connectivity index (χ1n) is 5.60. The van der Waals surface area contributed by atoms with Crippen molar-refractivity contribution in [1.29, 1.82) is 0 Å². The van der Waals surface area contributed by atoms with E-state index < -0.39 is 0 Å². The number of amides is 1. The summed E-state index contributed by atoms with van der Waals surface area (Å²) in [5.41, 5.74) is 1.18. The molecule has 7 heteroatoms. The van der Waals surface area contributed by atoms with Gasteiger partial charge in [0.15, 0.2) is 11.5 Å². The molecule has 0 aliphatic heterocycles. The van der Waals surface area contributed by atoms with Gasteiger partial charge in [0.2, 0.25) is 0 Å². The number of hydrogen-bond donors (Lipinski definition) is 2. The molecule has 0 saturated carbocycles. The summed E-state index contributed by atoms with van der Waals surface area (Å²) in [5, 5.41) is 17.4. The largest absolute Gasteiger partial charge is 0.304 e. The molecule has 1 amide bonds. The number of rotatable bonds is 2. The molecule has 0 radical (unpaired) electrons. The molecule has 0 fully saturated rings. The van der Waals surface area contributed by atoms with Crippen molar-refractivity contribution in [2.45, 2.75) is 26.2 Å². The van der Waals surface area contributed by atoms with E-state index in [2.05, 4.69) is 46.5 Å². The highest BCUT2D eigenvalue weighted by molar-refractivity contribution is 6.02. The summed E-state index contributed by atoms with van der Waals surface area (Å²) in [6.45, 7) is 6.19. The number of anilines is 1. The maximum atomic E-state index is 11.8. The van der Waals surface area contributed by atoms with Crippen molar-refractivity contribution >= 4 is 11.7 Å². The van der Waals surface area contributed by atoms with E-state index in [0.717, 1.165) is 5.69 Å². The normalized spacial score (nSPS) is 11.6. The predicted octanol–water partition coefficient (Wildman–Crippen LogP) is 1.09. The van der Waals surface area contributed by atoms with Crippen LogP contribution in [0.1, 0.15) is 37.0 Å². The van der Waals surface area contributed by atoms with E-state index in [1.54, 1.807) is 7.05 Å². The van der Waals surface area contributed by atoms with Crippen LogP contribution < -0.4 is 5.32 Å². The van der Waals surface area contributed by atoms with Gasteiger partial charge in [0.05, 0.1) is 6.20 Å². The predicted molar refractivity (Wildman–Crippen MR) is 66.2 cm³/mol. The average Bonchev–Trinajstić information content (AvgIpc) is 2.85. The van der Waals surface area contributed by atoms with Gasteiger partial charge in [-0.1, -0.05) is 20.8 Å². The van der Waals surface area contributed by atoms with Gasteiger partial charge in [0, 0.05) is 24.2 Å². The number of carbonyl (C=O) groups is 1. The second kappa shape index (κ2) is 4.25. The number of nitrogens with one attached hydrogen (secondary N) is 2. The van der Waals surface area contributed by atoms with Crippen LogP contribution in [0, 0.1) is 0 Å². The van der Waals surface area contributed by atoms with Gasteiger partial charge in [-0.3, -0.25) is 9.89 Å². The van der Waals surface area contributed by atoms with Gasteiger partial charge in [-0.15, -0.1) is 5.10 Å². The molecule has 0 spiro atoms. The smallest absolute Gasteiger partial charge is 0.279 e. The maximum Gasteiger partial charge on any atom is 0.279 e. The van der Waals surface area contributed by atoms with Crippen LogP contribution >= 0.6 is 0 Å². The zero-order chi connectivity index (χ0) is 13.3. The molecular formula is C11H16N6O. The fourth-order valence-corrected chi connectivity index (χ4v) is 1.40. The lowest BCUT2D eigenvalue weighted by Crippen LogP contribution is -2.13. The first-order valence-corrected chi connectivity index (χ1v) is 5.60. The summed E-state index contributed by atoms with van der Waals surface area (Å²) in [6, 6.07) is 1.81. The highest BCUT2D eigenvalue weighted by atomic mass is 16.2. The fourth-order valence-electron chi connectivity index (χ4n) is 1.40. The van der Waals surface area contributed by atoms with Gasteiger partial charge in [-0.2, -0.15) is 15.0 Å². The third-order valence-electron chi connectivity index (χ3n) is 2.46. The van der Waals surface area contributed by atoms with Crippen LogP contribution in [0.25, 0.3) is 0 Å². The average molecular weight is 248 g/mol. The van der Waals surface area contributed by atoms with Gasteiger partial charge in [-0.05, 0) is 0 Å². The highest BCUT2D eigenvalue weighted by Gasteiger charge is 2.18. The number of carbonyl (C=O) groups excluding carboxylic acids is 1. The Morgan fingerprint density at radius 2 is 2.17 bits per heavy atom. The van der Waals surface area contributed by atoms with Crippen molar-refractivity contribution in [3.8, 4) is 0 Å². The van der Waals surface area contributed by atoms with Crippen LogP contribution in [0.5, 0.6) is 0 Å². The first-order chi connectivity index (χ1) is 8.36. The molecule has 0 aromatic carbocycles. The third-order valence-corrected chi connectivity index (χ3v) is 2.46. The van der Waals surface area contributed by atoms with E-state index in [9.17, 15) is 4.79 Å². The monoisotopic (exact) mass is 248 g/mol. The minimum absolute atomic E-state index is 0.0392. The quantitative estimate of drug-likeness (QED) is 0.832.